The van der Waals surface area contributed by atoms with Gasteiger partial charge in [-0.2, -0.15) is 0 Å². The standard InChI is InChI=1S/C16H18N4OS/c1-20(2)14-8-6-12(7-9-14)18-16(21)19-13-5-3-4-11(10-13)15(17)22/h3-10H,1-2H3,(H2,17,22)(H2,18,19,21). The third kappa shape index (κ3) is 4.20. The number of carbonyl (C=O) groups excluding carboxylic acids is 1. The molecule has 0 saturated heterocycles. The Morgan fingerprint density at radius 3 is 2.27 bits per heavy atom. The summed E-state index contributed by atoms with van der Waals surface area (Å²) >= 11 is 4.92. The van der Waals surface area contributed by atoms with Crippen LogP contribution in [-0.4, -0.2) is 25.1 Å². The average Bonchev–Trinajstić information content (AvgIpc) is 2.47. The molecule has 0 aliphatic carbocycles. The van der Waals surface area contributed by atoms with Crippen molar-refractivity contribution in [2.45, 2.75) is 0 Å². The summed E-state index contributed by atoms with van der Waals surface area (Å²) in [5.41, 5.74) is 8.70. The highest BCUT2D eigenvalue weighted by Gasteiger charge is 2.04. The molecule has 0 fully saturated rings. The Labute approximate surface area is 135 Å². The predicted molar refractivity (Wildman–Crippen MR) is 95.7 cm³/mol. The highest BCUT2D eigenvalue weighted by Crippen LogP contribution is 2.16. The Morgan fingerprint density at radius 1 is 1.05 bits per heavy atom. The lowest BCUT2D eigenvalue weighted by Gasteiger charge is -2.13. The van der Waals surface area contributed by atoms with Gasteiger partial charge in [-0.15, -0.1) is 0 Å². The van der Waals surface area contributed by atoms with Gasteiger partial charge in [0, 0.05) is 36.7 Å². The van der Waals surface area contributed by atoms with Gasteiger partial charge in [0.2, 0.25) is 0 Å². The number of amides is 2. The monoisotopic (exact) mass is 314 g/mol. The van der Waals surface area contributed by atoms with Gasteiger partial charge in [0.15, 0.2) is 0 Å². The number of nitrogens with zero attached hydrogens (tertiary/aromatic N) is 1. The van der Waals surface area contributed by atoms with Gasteiger partial charge >= 0.3 is 6.03 Å². The first-order valence-corrected chi connectivity index (χ1v) is 7.12. The van der Waals surface area contributed by atoms with Gasteiger partial charge in [0.05, 0.1) is 0 Å². The van der Waals surface area contributed by atoms with Gasteiger partial charge in [0.25, 0.3) is 0 Å². The number of nitrogens with two attached hydrogens (primary N) is 1. The van der Waals surface area contributed by atoms with Crippen LogP contribution in [0.4, 0.5) is 21.9 Å². The van der Waals surface area contributed by atoms with Crippen molar-refractivity contribution in [1.82, 2.24) is 0 Å². The molecule has 2 aromatic rings. The fourth-order valence-corrected chi connectivity index (χ4v) is 2.01. The third-order valence-electron chi connectivity index (χ3n) is 3.05. The van der Waals surface area contributed by atoms with Crippen LogP contribution in [0.5, 0.6) is 0 Å². The van der Waals surface area contributed by atoms with Gasteiger partial charge in [-0.05, 0) is 36.4 Å². The minimum atomic E-state index is -0.322. The van der Waals surface area contributed by atoms with Gasteiger partial charge in [0.1, 0.15) is 4.99 Å². The zero-order valence-corrected chi connectivity index (χ0v) is 13.3. The fraction of sp³-hybridized carbons (Fsp3) is 0.125. The molecule has 114 valence electrons. The lowest BCUT2D eigenvalue weighted by Crippen LogP contribution is -2.20. The zero-order valence-electron chi connectivity index (χ0n) is 12.5. The third-order valence-corrected chi connectivity index (χ3v) is 3.28. The molecule has 0 radical (unpaired) electrons. The topological polar surface area (TPSA) is 70.4 Å². The van der Waals surface area contributed by atoms with E-state index in [9.17, 15) is 4.79 Å². The van der Waals surface area contributed by atoms with E-state index < -0.39 is 0 Å². The Kier molecular flexibility index (Phi) is 4.95. The van der Waals surface area contributed by atoms with Crippen LogP contribution in [0, 0.1) is 0 Å². The maximum atomic E-state index is 12.0. The Bertz CT molecular complexity index is 683. The largest absolute Gasteiger partial charge is 0.389 e. The number of carbonyl (C=O) groups is 1. The van der Waals surface area contributed by atoms with Crippen molar-refractivity contribution in [3.63, 3.8) is 0 Å². The maximum absolute atomic E-state index is 12.0. The van der Waals surface area contributed by atoms with Crippen LogP contribution in [0.25, 0.3) is 0 Å². The van der Waals surface area contributed by atoms with Gasteiger partial charge in [-0.3, -0.25) is 0 Å². The lowest BCUT2D eigenvalue weighted by molar-refractivity contribution is 0.262. The normalized spacial score (nSPS) is 9.91. The van der Waals surface area contributed by atoms with Crippen LogP contribution in [0.2, 0.25) is 0 Å². The first-order valence-electron chi connectivity index (χ1n) is 6.71. The number of benzene rings is 2. The molecule has 0 aliphatic rings. The number of urea groups is 1. The average molecular weight is 314 g/mol. The summed E-state index contributed by atoms with van der Waals surface area (Å²) in [7, 11) is 3.92. The van der Waals surface area contributed by atoms with E-state index in [1.165, 1.54) is 0 Å². The molecule has 0 unspecified atom stereocenters. The number of thiocarbonyl (C=S) groups is 1. The second kappa shape index (κ2) is 6.91. The summed E-state index contributed by atoms with van der Waals surface area (Å²) in [5, 5.41) is 5.52. The summed E-state index contributed by atoms with van der Waals surface area (Å²) in [6.45, 7) is 0. The lowest BCUT2D eigenvalue weighted by atomic mass is 10.2. The molecule has 2 rings (SSSR count). The Morgan fingerprint density at radius 2 is 1.68 bits per heavy atom. The minimum Gasteiger partial charge on any atom is -0.389 e. The summed E-state index contributed by atoms with van der Waals surface area (Å²) in [4.78, 5) is 14.3. The smallest absolute Gasteiger partial charge is 0.323 e. The molecule has 0 atom stereocenters. The predicted octanol–water partition coefficient (Wildman–Crippen LogP) is 3.03. The van der Waals surface area contributed by atoms with E-state index >= 15 is 0 Å². The second-order valence-electron chi connectivity index (χ2n) is 4.97. The summed E-state index contributed by atoms with van der Waals surface area (Å²) in [6.07, 6.45) is 0. The number of hydrogen-bond donors (Lipinski definition) is 3. The molecule has 0 spiro atoms. The van der Waals surface area contributed by atoms with Gasteiger partial charge in [-0.25, -0.2) is 4.79 Å². The minimum absolute atomic E-state index is 0.295. The van der Waals surface area contributed by atoms with Crippen molar-refractivity contribution in [1.29, 1.82) is 0 Å². The van der Waals surface area contributed by atoms with Crippen LogP contribution < -0.4 is 21.3 Å². The van der Waals surface area contributed by atoms with E-state index in [0.29, 0.717) is 21.9 Å². The zero-order chi connectivity index (χ0) is 16.1. The molecule has 0 saturated carbocycles. The van der Waals surface area contributed by atoms with E-state index in [-0.39, 0.29) is 6.03 Å². The van der Waals surface area contributed by atoms with Crippen molar-refractivity contribution in [3.8, 4) is 0 Å². The first kappa shape index (κ1) is 15.8. The molecule has 4 N–H and O–H groups in total. The quantitative estimate of drug-likeness (QED) is 0.759. The molecule has 0 bridgehead atoms. The van der Waals surface area contributed by atoms with Crippen molar-refractivity contribution in [2.24, 2.45) is 5.73 Å². The molecule has 2 aromatic carbocycles. The van der Waals surface area contributed by atoms with Crippen molar-refractivity contribution in [3.05, 3.63) is 54.1 Å². The number of nitrogens with one attached hydrogen (secondary N) is 2. The van der Waals surface area contributed by atoms with Crippen LogP contribution >= 0.6 is 12.2 Å². The summed E-state index contributed by atoms with van der Waals surface area (Å²) < 4.78 is 0. The first-order chi connectivity index (χ1) is 10.5. The molecule has 0 aliphatic heterocycles. The number of rotatable bonds is 4. The Hall–Kier alpha value is -2.60. The summed E-state index contributed by atoms with van der Waals surface area (Å²) in [6, 6.07) is 14.3. The molecule has 6 heteroatoms. The van der Waals surface area contributed by atoms with Crippen LogP contribution in [-0.2, 0) is 0 Å². The Balaban J connectivity index is 2.00. The number of anilines is 3. The molecule has 2 amide bonds. The van der Waals surface area contributed by atoms with E-state index in [0.717, 1.165) is 5.69 Å². The maximum Gasteiger partial charge on any atom is 0.323 e. The highest BCUT2D eigenvalue weighted by molar-refractivity contribution is 7.80. The summed E-state index contributed by atoms with van der Waals surface area (Å²) in [5.74, 6) is 0. The van der Waals surface area contributed by atoms with Crippen LogP contribution in [0.3, 0.4) is 0 Å². The van der Waals surface area contributed by atoms with Crippen molar-refractivity contribution < 1.29 is 4.79 Å². The van der Waals surface area contributed by atoms with Crippen LogP contribution in [0.1, 0.15) is 5.56 Å². The molecular weight excluding hydrogens is 296 g/mol. The molecule has 0 heterocycles. The van der Waals surface area contributed by atoms with Crippen molar-refractivity contribution >= 4 is 40.3 Å². The second-order valence-corrected chi connectivity index (χ2v) is 5.41. The SMILES string of the molecule is CN(C)c1ccc(NC(=O)Nc2cccc(C(N)=S)c2)cc1. The van der Waals surface area contributed by atoms with E-state index in [1.807, 2.05) is 43.3 Å². The molecule has 0 aromatic heterocycles. The molecule has 5 nitrogen and oxygen atoms in total. The van der Waals surface area contributed by atoms with Gasteiger partial charge in [-0.1, -0.05) is 24.4 Å². The van der Waals surface area contributed by atoms with Gasteiger partial charge < -0.3 is 21.3 Å². The van der Waals surface area contributed by atoms with E-state index in [2.05, 4.69) is 10.6 Å². The number of hydrogen-bond acceptors (Lipinski definition) is 3. The van der Waals surface area contributed by atoms with Crippen molar-refractivity contribution in [2.75, 3.05) is 29.6 Å². The molecular formula is C16H18N4OS. The van der Waals surface area contributed by atoms with E-state index in [4.69, 9.17) is 18.0 Å². The fourth-order valence-electron chi connectivity index (χ4n) is 1.89. The highest BCUT2D eigenvalue weighted by atomic mass is 32.1. The van der Waals surface area contributed by atoms with Crippen LogP contribution in [0.15, 0.2) is 48.5 Å². The molecule has 22 heavy (non-hydrogen) atoms. The van der Waals surface area contributed by atoms with E-state index in [1.54, 1.807) is 24.3 Å².